The molecule has 0 aromatic carbocycles. The number of hydrogen-bond donors (Lipinski definition) is 3. The normalized spacial score (nSPS) is 12.9. The van der Waals surface area contributed by atoms with E-state index in [0.29, 0.717) is 12.8 Å². The number of hydrogen-bond acceptors (Lipinski definition) is 3. The molecule has 0 aromatic heterocycles. The number of unbranched alkanes of at least 4 members (excludes halogenated alkanes) is 39. The number of allylic oxidation sites excluding steroid dienone is 2. The van der Waals surface area contributed by atoms with Crippen LogP contribution in [0.3, 0.4) is 0 Å². The molecule has 0 aliphatic rings. The number of aliphatic hydroxyl groups excluding tert-OH is 2. The molecule has 0 fully saturated rings. The summed E-state index contributed by atoms with van der Waals surface area (Å²) in [5.74, 6) is -0.0270. The molecule has 0 spiro atoms. The third kappa shape index (κ3) is 44.2. The van der Waals surface area contributed by atoms with Gasteiger partial charge in [-0.1, -0.05) is 264 Å². The lowest BCUT2D eigenvalue weighted by Gasteiger charge is -2.22. The lowest BCUT2D eigenvalue weighted by atomic mass is 10.0. The molecule has 0 bridgehead atoms. The topological polar surface area (TPSA) is 69.6 Å². The highest BCUT2D eigenvalue weighted by Gasteiger charge is 2.20. The van der Waals surface area contributed by atoms with Crippen molar-refractivity contribution in [3.63, 3.8) is 0 Å². The zero-order valence-corrected chi connectivity index (χ0v) is 38.4. The molecule has 3 N–H and O–H groups in total. The average molecular weight is 790 g/mol. The first-order valence-corrected chi connectivity index (χ1v) is 25.9. The largest absolute Gasteiger partial charge is 0.394 e. The molecule has 0 radical (unpaired) electrons. The third-order valence-corrected chi connectivity index (χ3v) is 12.3. The van der Waals surface area contributed by atoms with Gasteiger partial charge in [0.2, 0.25) is 5.91 Å². The highest BCUT2D eigenvalue weighted by molar-refractivity contribution is 5.76. The molecule has 0 aliphatic carbocycles. The van der Waals surface area contributed by atoms with Crippen LogP contribution in [0.5, 0.6) is 0 Å². The van der Waals surface area contributed by atoms with Crippen LogP contribution in [0.2, 0.25) is 0 Å². The molecule has 56 heavy (non-hydrogen) atoms. The summed E-state index contributed by atoms with van der Waals surface area (Å²) in [7, 11) is 0. The Morgan fingerprint density at radius 1 is 0.411 bits per heavy atom. The van der Waals surface area contributed by atoms with Crippen molar-refractivity contribution < 1.29 is 15.0 Å². The van der Waals surface area contributed by atoms with Crippen LogP contribution in [-0.4, -0.2) is 34.9 Å². The molecule has 334 valence electrons. The standard InChI is InChI=1S/C52H103NO3/c1-3-5-7-9-11-13-15-17-19-21-23-25-26-28-30-32-34-36-38-40-42-44-46-48-52(56)53-50(49-54)51(55)47-45-43-41-39-37-35-33-31-29-27-24-22-20-18-16-14-12-10-8-6-4-2/h21,23,50-51,54-55H,3-20,22,24-49H2,1-2H3,(H,53,56)/b23-21-. The van der Waals surface area contributed by atoms with Crippen molar-refractivity contribution in [1.82, 2.24) is 5.32 Å². The second-order valence-electron chi connectivity index (χ2n) is 17.9. The Balaban J connectivity index is 3.45. The summed E-state index contributed by atoms with van der Waals surface area (Å²) in [5, 5.41) is 23.3. The Kier molecular flexibility index (Phi) is 47.7. The predicted octanol–water partition coefficient (Wildman–Crippen LogP) is 16.6. The number of nitrogens with one attached hydrogen (secondary N) is 1. The molecule has 0 heterocycles. The third-order valence-electron chi connectivity index (χ3n) is 12.3. The van der Waals surface area contributed by atoms with Gasteiger partial charge in [-0.2, -0.15) is 0 Å². The molecule has 0 saturated heterocycles. The molecule has 4 nitrogen and oxygen atoms in total. The number of amides is 1. The second kappa shape index (κ2) is 48.5. The first-order valence-electron chi connectivity index (χ1n) is 25.9. The van der Waals surface area contributed by atoms with E-state index in [4.69, 9.17) is 0 Å². The summed E-state index contributed by atoms with van der Waals surface area (Å²) in [4.78, 5) is 12.5. The lowest BCUT2D eigenvalue weighted by Crippen LogP contribution is -2.45. The molecule has 0 aromatic rings. The number of carbonyl (C=O) groups excluding carboxylic acids is 1. The van der Waals surface area contributed by atoms with Crippen LogP contribution >= 0.6 is 0 Å². The summed E-state index contributed by atoms with van der Waals surface area (Å²) in [6.07, 6.45) is 61.7. The van der Waals surface area contributed by atoms with Crippen LogP contribution in [0.4, 0.5) is 0 Å². The fourth-order valence-corrected chi connectivity index (χ4v) is 8.30. The van der Waals surface area contributed by atoms with Gasteiger partial charge in [0.1, 0.15) is 0 Å². The van der Waals surface area contributed by atoms with Gasteiger partial charge in [-0.05, 0) is 38.5 Å². The summed E-state index contributed by atoms with van der Waals surface area (Å²) >= 11 is 0. The summed E-state index contributed by atoms with van der Waals surface area (Å²) in [6, 6.07) is -0.534. The van der Waals surface area contributed by atoms with E-state index in [2.05, 4.69) is 31.3 Å². The van der Waals surface area contributed by atoms with Gasteiger partial charge in [0.15, 0.2) is 0 Å². The second-order valence-corrected chi connectivity index (χ2v) is 17.9. The quantitative estimate of drug-likeness (QED) is 0.0425. The first kappa shape index (κ1) is 55.1. The minimum Gasteiger partial charge on any atom is -0.394 e. The Morgan fingerprint density at radius 3 is 0.982 bits per heavy atom. The molecular formula is C52H103NO3. The lowest BCUT2D eigenvalue weighted by molar-refractivity contribution is -0.123. The molecule has 1 amide bonds. The Morgan fingerprint density at radius 2 is 0.679 bits per heavy atom. The van der Waals surface area contributed by atoms with Gasteiger partial charge in [-0.3, -0.25) is 4.79 Å². The van der Waals surface area contributed by atoms with Crippen LogP contribution in [-0.2, 0) is 4.79 Å². The van der Waals surface area contributed by atoms with E-state index in [-0.39, 0.29) is 12.5 Å². The first-order chi connectivity index (χ1) is 27.7. The zero-order chi connectivity index (χ0) is 40.7. The Labute approximate surface area is 352 Å². The van der Waals surface area contributed by atoms with Gasteiger partial charge < -0.3 is 15.5 Å². The van der Waals surface area contributed by atoms with Crippen molar-refractivity contribution in [2.75, 3.05) is 6.61 Å². The van der Waals surface area contributed by atoms with Crippen molar-refractivity contribution >= 4 is 5.91 Å². The fraction of sp³-hybridized carbons (Fsp3) is 0.942. The number of carbonyl (C=O) groups is 1. The van der Waals surface area contributed by atoms with E-state index in [1.165, 1.54) is 244 Å². The van der Waals surface area contributed by atoms with E-state index in [0.717, 1.165) is 25.7 Å². The van der Waals surface area contributed by atoms with Crippen molar-refractivity contribution in [1.29, 1.82) is 0 Å². The smallest absolute Gasteiger partial charge is 0.220 e. The van der Waals surface area contributed by atoms with Crippen LogP contribution in [0.15, 0.2) is 12.2 Å². The van der Waals surface area contributed by atoms with E-state index in [1.54, 1.807) is 0 Å². The molecule has 0 rings (SSSR count). The summed E-state index contributed by atoms with van der Waals surface area (Å²) in [5.41, 5.74) is 0. The van der Waals surface area contributed by atoms with Gasteiger partial charge in [-0.15, -0.1) is 0 Å². The summed E-state index contributed by atoms with van der Waals surface area (Å²) < 4.78 is 0. The van der Waals surface area contributed by atoms with Gasteiger partial charge in [0, 0.05) is 6.42 Å². The Hall–Kier alpha value is -0.870. The van der Waals surface area contributed by atoms with Crippen LogP contribution in [0, 0.1) is 0 Å². The minimum absolute atomic E-state index is 0.0270. The van der Waals surface area contributed by atoms with Crippen molar-refractivity contribution in [3.8, 4) is 0 Å². The van der Waals surface area contributed by atoms with Crippen molar-refractivity contribution in [3.05, 3.63) is 12.2 Å². The van der Waals surface area contributed by atoms with Crippen LogP contribution < -0.4 is 5.32 Å². The van der Waals surface area contributed by atoms with E-state index >= 15 is 0 Å². The highest BCUT2D eigenvalue weighted by Crippen LogP contribution is 2.17. The van der Waals surface area contributed by atoms with Crippen molar-refractivity contribution in [2.45, 2.75) is 309 Å². The van der Waals surface area contributed by atoms with Crippen LogP contribution in [0.25, 0.3) is 0 Å². The van der Waals surface area contributed by atoms with E-state index in [1.807, 2.05) is 0 Å². The van der Waals surface area contributed by atoms with Gasteiger partial charge in [0.25, 0.3) is 0 Å². The predicted molar refractivity (Wildman–Crippen MR) is 249 cm³/mol. The minimum atomic E-state index is -0.657. The molecular weight excluding hydrogens is 687 g/mol. The molecule has 2 atom stereocenters. The summed E-state index contributed by atoms with van der Waals surface area (Å²) in [6.45, 7) is 4.39. The average Bonchev–Trinajstić information content (AvgIpc) is 3.20. The van der Waals surface area contributed by atoms with Crippen molar-refractivity contribution in [2.24, 2.45) is 0 Å². The zero-order valence-electron chi connectivity index (χ0n) is 38.4. The number of rotatable bonds is 48. The maximum Gasteiger partial charge on any atom is 0.220 e. The maximum absolute atomic E-state index is 12.5. The molecule has 0 aliphatic heterocycles. The van der Waals surface area contributed by atoms with Gasteiger partial charge in [-0.25, -0.2) is 0 Å². The van der Waals surface area contributed by atoms with Gasteiger partial charge in [0.05, 0.1) is 18.8 Å². The maximum atomic E-state index is 12.5. The highest BCUT2D eigenvalue weighted by atomic mass is 16.3. The Bertz CT molecular complexity index is 769. The molecule has 2 unspecified atom stereocenters. The SMILES string of the molecule is CCCCCCCCCC/C=C\CCCCCCCCCCCCCC(=O)NC(CO)C(O)CCCCCCCCCCCCCCCCCCCCCCC. The van der Waals surface area contributed by atoms with Gasteiger partial charge >= 0.3 is 0 Å². The molecule has 0 saturated carbocycles. The monoisotopic (exact) mass is 790 g/mol. The number of aliphatic hydroxyl groups is 2. The van der Waals surface area contributed by atoms with E-state index < -0.39 is 12.1 Å². The van der Waals surface area contributed by atoms with E-state index in [9.17, 15) is 15.0 Å². The fourth-order valence-electron chi connectivity index (χ4n) is 8.30. The van der Waals surface area contributed by atoms with Crippen LogP contribution in [0.1, 0.15) is 296 Å². The molecule has 4 heteroatoms.